The van der Waals surface area contributed by atoms with E-state index in [1.54, 1.807) is 24.3 Å². The van der Waals surface area contributed by atoms with Crippen LogP contribution in [-0.2, 0) is 0 Å². The van der Waals surface area contributed by atoms with Gasteiger partial charge in [0.05, 0.1) is 17.5 Å². The Balaban J connectivity index is 2.95. The van der Waals surface area contributed by atoms with Gasteiger partial charge in [-0.15, -0.1) is 0 Å². The number of hydrogen-bond acceptors (Lipinski definition) is 1. The molecular weight excluding hydrogens is 153 g/mol. The van der Waals surface area contributed by atoms with E-state index in [0.29, 0.717) is 5.56 Å². The van der Waals surface area contributed by atoms with Crippen molar-refractivity contribution in [1.29, 1.82) is 5.26 Å². The lowest BCUT2D eigenvalue weighted by molar-refractivity contribution is 0.648. The topological polar surface area (TPSA) is 23.8 Å². The van der Waals surface area contributed by atoms with E-state index in [1.165, 1.54) is 13.0 Å². The molecule has 0 aliphatic carbocycles. The first-order chi connectivity index (χ1) is 5.72. The lowest BCUT2D eigenvalue weighted by Crippen LogP contribution is -1.75. The van der Waals surface area contributed by atoms with Gasteiger partial charge in [0.25, 0.3) is 0 Å². The normalized spacial score (nSPS) is 10.9. The van der Waals surface area contributed by atoms with Gasteiger partial charge in [0.15, 0.2) is 0 Å². The third kappa shape index (κ3) is 2.21. The van der Waals surface area contributed by atoms with Crippen LogP contribution in [0.4, 0.5) is 4.39 Å². The fourth-order valence-corrected chi connectivity index (χ4v) is 0.884. The zero-order valence-corrected chi connectivity index (χ0v) is 6.71. The van der Waals surface area contributed by atoms with E-state index in [4.69, 9.17) is 5.26 Å². The van der Waals surface area contributed by atoms with Gasteiger partial charge >= 0.3 is 0 Å². The number of allylic oxidation sites excluding steroid dienone is 1. The molecule has 0 unspecified atom stereocenters. The van der Waals surface area contributed by atoms with Crippen LogP contribution in [0.3, 0.4) is 0 Å². The molecule has 0 saturated carbocycles. The Morgan fingerprint density at radius 3 is 2.42 bits per heavy atom. The Bertz CT molecular complexity index is 326. The van der Waals surface area contributed by atoms with Crippen molar-refractivity contribution in [2.75, 3.05) is 0 Å². The smallest absolute Gasteiger partial charge is 0.0991 e. The summed E-state index contributed by atoms with van der Waals surface area (Å²) in [5, 5.41) is 8.47. The van der Waals surface area contributed by atoms with Crippen molar-refractivity contribution in [3.63, 3.8) is 0 Å². The molecule has 0 aliphatic rings. The molecule has 0 fully saturated rings. The largest absolute Gasteiger partial charge is 0.212 e. The summed E-state index contributed by atoms with van der Waals surface area (Å²) in [7, 11) is 0. The van der Waals surface area contributed by atoms with Crippen molar-refractivity contribution in [1.82, 2.24) is 0 Å². The lowest BCUT2D eigenvalue weighted by Gasteiger charge is -1.92. The van der Waals surface area contributed by atoms with Gasteiger partial charge in [0.1, 0.15) is 0 Å². The van der Waals surface area contributed by atoms with Crippen LogP contribution >= 0.6 is 0 Å². The van der Waals surface area contributed by atoms with Crippen LogP contribution in [0.15, 0.2) is 30.1 Å². The van der Waals surface area contributed by atoms with Gasteiger partial charge in [-0.2, -0.15) is 5.26 Å². The Morgan fingerprint density at radius 2 is 2.00 bits per heavy atom. The maximum absolute atomic E-state index is 12.4. The summed E-state index contributed by atoms with van der Waals surface area (Å²) in [6.07, 6.45) is 1.42. The average Bonchev–Trinajstić information content (AvgIpc) is 2.05. The van der Waals surface area contributed by atoms with Crippen LogP contribution in [0.25, 0.3) is 6.08 Å². The van der Waals surface area contributed by atoms with E-state index in [0.717, 1.165) is 5.56 Å². The van der Waals surface area contributed by atoms with E-state index in [9.17, 15) is 4.39 Å². The molecule has 12 heavy (non-hydrogen) atoms. The summed E-state index contributed by atoms with van der Waals surface area (Å²) in [5.74, 6) is -0.236. The molecule has 0 spiro atoms. The molecule has 0 aromatic heterocycles. The summed E-state index contributed by atoms with van der Waals surface area (Å²) < 4.78 is 12.4. The Labute approximate surface area is 70.8 Å². The first kappa shape index (κ1) is 8.48. The van der Waals surface area contributed by atoms with Crippen LogP contribution < -0.4 is 0 Å². The molecule has 1 nitrogen and oxygen atoms in total. The predicted molar refractivity (Wildman–Crippen MR) is 45.9 cm³/mol. The van der Waals surface area contributed by atoms with Crippen LogP contribution in [-0.4, -0.2) is 0 Å². The average molecular weight is 161 g/mol. The fourth-order valence-electron chi connectivity index (χ4n) is 0.884. The van der Waals surface area contributed by atoms with Crippen LogP contribution in [0.1, 0.15) is 18.1 Å². The van der Waals surface area contributed by atoms with Crippen molar-refractivity contribution in [3.05, 3.63) is 41.2 Å². The zero-order valence-electron chi connectivity index (χ0n) is 6.71. The van der Waals surface area contributed by atoms with Crippen molar-refractivity contribution in [2.24, 2.45) is 0 Å². The SMILES string of the molecule is C/C(F)=C/c1ccc(C#N)cc1. The number of benzene rings is 1. The molecule has 0 amide bonds. The summed E-state index contributed by atoms with van der Waals surface area (Å²) in [6.45, 7) is 1.39. The fraction of sp³-hybridized carbons (Fsp3) is 0.100. The Kier molecular flexibility index (Phi) is 2.60. The molecule has 1 rings (SSSR count). The number of nitrogens with zero attached hydrogens (tertiary/aromatic N) is 1. The third-order valence-electron chi connectivity index (χ3n) is 1.41. The van der Waals surface area contributed by atoms with Crippen molar-refractivity contribution in [2.45, 2.75) is 6.92 Å². The van der Waals surface area contributed by atoms with Crippen LogP contribution in [0.5, 0.6) is 0 Å². The number of halogens is 1. The van der Waals surface area contributed by atoms with E-state index >= 15 is 0 Å². The minimum atomic E-state index is -0.236. The van der Waals surface area contributed by atoms with E-state index in [-0.39, 0.29) is 5.83 Å². The van der Waals surface area contributed by atoms with Gasteiger partial charge in [-0.3, -0.25) is 0 Å². The summed E-state index contributed by atoms with van der Waals surface area (Å²) in [6, 6.07) is 8.74. The third-order valence-corrected chi connectivity index (χ3v) is 1.41. The Hall–Kier alpha value is -1.62. The second-order valence-electron chi connectivity index (χ2n) is 2.46. The van der Waals surface area contributed by atoms with Gasteiger partial charge in [0, 0.05) is 0 Å². The minimum Gasteiger partial charge on any atom is -0.212 e. The van der Waals surface area contributed by atoms with E-state index in [1.807, 2.05) is 6.07 Å². The highest BCUT2D eigenvalue weighted by atomic mass is 19.1. The monoisotopic (exact) mass is 161 g/mol. The highest BCUT2D eigenvalue weighted by molar-refractivity contribution is 5.52. The highest BCUT2D eigenvalue weighted by Crippen LogP contribution is 2.08. The van der Waals surface area contributed by atoms with E-state index < -0.39 is 0 Å². The first-order valence-electron chi connectivity index (χ1n) is 3.56. The summed E-state index contributed by atoms with van der Waals surface area (Å²) in [4.78, 5) is 0. The molecular formula is C10H8FN. The molecule has 2 heteroatoms. The van der Waals surface area contributed by atoms with Crippen molar-refractivity contribution in [3.8, 4) is 6.07 Å². The molecule has 0 N–H and O–H groups in total. The van der Waals surface area contributed by atoms with Gasteiger partial charge < -0.3 is 0 Å². The quantitative estimate of drug-likeness (QED) is 0.621. The number of hydrogen-bond donors (Lipinski definition) is 0. The predicted octanol–water partition coefficient (Wildman–Crippen LogP) is 2.89. The molecule has 1 aromatic rings. The molecule has 1 aromatic carbocycles. The maximum atomic E-state index is 12.4. The molecule has 0 radical (unpaired) electrons. The summed E-state index contributed by atoms with van der Waals surface area (Å²) >= 11 is 0. The standard InChI is InChI=1S/C10H8FN/c1-8(11)6-9-2-4-10(7-12)5-3-9/h2-6H,1H3/b8-6-. The second-order valence-corrected chi connectivity index (χ2v) is 2.46. The molecule has 0 heterocycles. The molecule has 60 valence electrons. The first-order valence-corrected chi connectivity index (χ1v) is 3.56. The number of rotatable bonds is 1. The van der Waals surface area contributed by atoms with Crippen LogP contribution in [0, 0.1) is 11.3 Å². The van der Waals surface area contributed by atoms with Gasteiger partial charge in [-0.05, 0) is 30.7 Å². The van der Waals surface area contributed by atoms with Gasteiger partial charge in [-0.1, -0.05) is 12.1 Å². The van der Waals surface area contributed by atoms with Crippen molar-refractivity contribution < 1.29 is 4.39 Å². The Morgan fingerprint density at radius 1 is 1.42 bits per heavy atom. The second kappa shape index (κ2) is 3.68. The van der Waals surface area contributed by atoms with Crippen LogP contribution in [0.2, 0.25) is 0 Å². The molecule has 0 saturated heterocycles. The summed E-state index contributed by atoms with van der Waals surface area (Å²) in [5.41, 5.74) is 1.36. The maximum Gasteiger partial charge on any atom is 0.0991 e. The molecule has 0 atom stereocenters. The minimum absolute atomic E-state index is 0.236. The zero-order chi connectivity index (χ0) is 8.97. The lowest BCUT2D eigenvalue weighted by atomic mass is 10.1. The van der Waals surface area contributed by atoms with E-state index in [2.05, 4.69) is 0 Å². The highest BCUT2D eigenvalue weighted by Gasteiger charge is 1.90. The number of nitriles is 1. The van der Waals surface area contributed by atoms with Crippen molar-refractivity contribution >= 4 is 6.08 Å². The van der Waals surface area contributed by atoms with Gasteiger partial charge in [-0.25, -0.2) is 4.39 Å². The molecule has 0 bridgehead atoms. The van der Waals surface area contributed by atoms with Gasteiger partial charge in [0.2, 0.25) is 0 Å². The molecule has 0 aliphatic heterocycles.